The normalized spacial score (nSPS) is 38.3. The van der Waals surface area contributed by atoms with E-state index in [1.54, 1.807) is 41.1 Å². The molecule has 0 radical (unpaired) electrons. The van der Waals surface area contributed by atoms with Crippen molar-refractivity contribution in [1.82, 2.24) is 4.90 Å². The van der Waals surface area contributed by atoms with Crippen LogP contribution in [0, 0.1) is 35.5 Å². The number of ether oxygens (including phenoxy) is 5. The third-order valence-corrected chi connectivity index (χ3v) is 18.3. The number of esters is 1. The molecule has 4 rings (SSSR count). The Morgan fingerprint density at radius 3 is 2.20 bits per heavy atom. The molecule has 3 heterocycles. The standard InChI is InChI=1S/C55H88NO14P/c1-13-71(64,14-2)70-45-26-24-41(31-48(45)66-11)30-37(6)47-33-44(57)36(5)29-39(8)50(59)51(67-12)49(58)38(7)28-34(3)20-16-15-17-21-35(4)46(65-10)32-42-25-23-40(9)55(63,69-42)52(60)53(61)56-27-19-18-22-43(56)54(62)68-47/h15-17,20-21,29,34,36-38,40-43,45-48,50-51,59,63H,13-14,18-19,22-28,30-33H2,1-12H3/b17-15+,20-16+,35-21+,39-29+/t34-,36-,37-,38-,40-,41+,42?,43?,45-,46+,47+,48-,50-,51+,55-/m1/s1. The number of nitrogens with zero attached hydrogens (tertiary/aromatic N) is 1. The van der Waals surface area contributed by atoms with Gasteiger partial charge < -0.3 is 43.3 Å². The summed E-state index contributed by atoms with van der Waals surface area (Å²) in [5.41, 5.74) is 1.26. The van der Waals surface area contributed by atoms with E-state index >= 15 is 0 Å². The van der Waals surface area contributed by atoms with Crippen LogP contribution in [0.1, 0.15) is 139 Å². The van der Waals surface area contributed by atoms with Gasteiger partial charge in [-0.05, 0) is 107 Å². The van der Waals surface area contributed by atoms with Crippen molar-refractivity contribution in [3.05, 3.63) is 47.6 Å². The van der Waals surface area contributed by atoms with Crippen molar-refractivity contribution >= 4 is 36.6 Å². The predicted molar refractivity (Wildman–Crippen MR) is 273 cm³/mol. The Morgan fingerprint density at radius 1 is 0.845 bits per heavy atom. The Hall–Kier alpha value is -3.14. The molecule has 16 heteroatoms. The highest BCUT2D eigenvalue weighted by atomic mass is 31.2. The van der Waals surface area contributed by atoms with Crippen molar-refractivity contribution in [3.63, 3.8) is 0 Å². The zero-order valence-corrected chi connectivity index (χ0v) is 45.7. The molecular weight excluding hydrogens is 930 g/mol. The lowest BCUT2D eigenvalue weighted by Gasteiger charge is -2.42. The first-order valence-electron chi connectivity index (χ1n) is 26.3. The number of aliphatic hydroxyl groups is 2. The third kappa shape index (κ3) is 16.2. The van der Waals surface area contributed by atoms with Crippen LogP contribution in [0.2, 0.25) is 0 Å². The van der Waals surface area contributed by atoms with Crippen LogP contribution in [0.4, 0.5) is 0 Å². The average molecular weight is 1020 g/mol. The first kappa shape index (κ1) is 60.4. The molecular formula is C55H88NO14P. The maximum absolute atomic E-state index is 14.5. The maximum atomic E-state index is 14.5. The van der Waals surface area contributed by atoms with Gasteiger partial charge >= 0.3 is 5.97 Å². The highest BCUT2D eigenvalue weighted by molar-refractivity contribution is 7.58. The lowest BCUT2D eigenvalue weighted by molar-refractivity contribution is -0.265. The van der Waals surface area contributed by atoms with Crippen LogP contribution in [-0.2, 0) is 56.7 Å². The van der Waals surface area contributed by atoms with Gasteiger partial charge in [-0.2, -0.15) is 0 Å². The number of amides is 1. The number of Topliss-reactive ketones (excluding diaryl/α,β-unsaturated/α-hetero) is 3. The smallest absolute Gasteiger partial charge is 0.329 e. The zero-order valence-electron chi connectivity index (χ0n) is 44.8. The Morgan fingerprint density at radius 2 is 1.55 bits per heavy atom. The van der Waals surface area contributed by atoms with Crippen LogP contribution in [0.15, 0.2) is 47.6 Å². The summed E-state index contributed by atoms with van der Waals surface area (Å²) in [4.78, 5) is 72.4. The molecule has 3 aliphatic heterocycles. The molecule has 402 valence electrons. The van der Waals surface area contributed by atoms with Gasteiger partial charge in [-0.15, -0.1) is 0 Å². The number of cyclic esters (lactones) is 1. The number of hydrogen-bond acceptors (Lipinski definition) is 14. The molecule has 2 N–H and O–H groups in total. The topological polar surface area (TPSA) is 201 Å². The number of fused-ring (bicyclic) bond motifs is 3. The Bertz CT molecular complexity index is 1970. The highest BCUT2D eigenvalue weighted by Gasteiger charge is 2.53. The van der Waals surface area contributed by atoms with E-state index in [-0.39, 0.29) is 60.9 Å². The average Bonchev–Trinajstić information content (AvgIpc) is 3.35. The quantitative estimate of drug-likeness (QED) is 0.0913. The van der Waals surface area contributed by atoms with Crippen molar-refractivity contribution < 1.29 is 67.0 Å². The molecule has 15 nitrogen and oxygen atoms in total. The first-order valence-corrected chi connectivity index (χ1v) is 28.3. The minimum atomic E-state index is -2.81. The van der Waals surface area contributed by atoms with Gasteiger partial charge in [-0.25, -0.2) is 4.79 Å². The van der Waals surface area contributed by atoms with Crippen LogP contribution in [0.5, 0.6) is 0 Å². The molecule has 1 amide bonds. The first-order chi connectivity index (χ1) is 33.6. The van der Waals surface area contributed by atoms with E-state index in [4.69, 9.17) is 28.2 Å². The van der Waals surface area contributed by atoms with E-state index in [2.05, 4.69) is 0 Å². The second-order valence-corrected chi connectivity index (χ2v) is 24.2. The van der Waals surface area contributed by atoms with Crippen molar-refractivity contribution in [2.45, 2.75) is 194 Å². The molecule has 2 bridgehead atoms. The fraction of sp³-hybridized carbons (Fsp3) is 0.764. The van der Waals surface area contributed by atoms with E-state index in [0.717, 1.165) is 12.0 Å². The monoisotopic (exact) mass is 1020 g/mol. The third-order valence-electron chi connectivity index (χ3n) is 15.7. The van der Waals surface area contributed by atoms with Gasteiger partial charge in [-0.3, -0.25) is 23.7 Å². The number of methoxy groups -OCH3 is 3. The lowest BCUT2D eigenvalue weighted by atomic mass is 9.78. The van der Waals surface area contributed by atoms with E-state index < -0.39 is 85.1 Å². The molecule has 2 saturated heterocycles. The number of rotatable bonds is 10. The molecule has 15 atom stereocenters. The fourth-order valence-electron chi connectivity index (χ4n) is 10.8. The van der Waals surface area contributed by atoms with Gasteiger partial charge in [0.25, 0.3) is 11.7 Å². The van der Waals surface area contributed by atoms with Gasteiger partial charge in [0.15, 0.2) is 5.78 Å². The second kappa shape index (κ2) is 28.0. The minimum absolute atomic E-state index is 0.0112. The van der Waals surface area contributed by atoms with Crippen LogP contribution >= 0.6 is 7.37 Å². The molecule has 2 unspecified atom stereocenters. The van der Waals surface area contributed by atoms with Gasteiger partial charge in [0.2, 0.25) is 13.2 Å². The number of carbonyl (C=O) groups excluding carboxylic acids is 5. The van der Waals surface area contributed by atoms with Crippen LogP contribution < -0.4 is 0 Å². The summed E-state index contributed by atoms with van der Waals surface area (Å²) in [6.07, 6.45) is 12.3. The lowest BCUT2D eigenvalue weighted by Crippen LogP contribution is -2.61. The number of piperidine rings is 1. The SMILES string of the molecule is CCP(=O)(CC)O[C@@H]1CC[C@@H](C[C@@H](C)[C@@H]2CC(=O)[C@H](C)/C=C(\C)[C@@H](O)[C@@H](OC)C(=O)[C@H](C)C[C@H](C)/C=C/C=C/C=C(\C)[C@@H](OC)CC3CC[C@@H](C)[C@@](O)(O3)C(=O)C(=O)N3CCCCC3C(=O)O2)C[C@H]1OC. The molecule has 0 aromatic heterocycles. The number of hydrogen-bond donors (Lipinski definition) is 2. The van der Waals surface area contributed by atoms with E-state index in [1.165, 1.54) is 12.0 Å². The number of ketones is 3. The van der Waals surface area contributed by atoms with Crippen molar-refractivity contribution in [1.29, 1.82) is 0 Å². The largest absolute Gasteiger partial charge is 0.460 e. The summed E-state index contributed by atoms with van der Waals surface area (Å²) in [6.45, 7) is 16.5. The van der Waals surface area contributed by atoms with Gasteiger partial charge in [-0.1, -0.05) is 84.9 Å². The summed E-state index contributed by atoms with van der Waals surface area (Å²) < 4.78 is 49.4. The van der Waals surface area contributed by atoms with Gasteiger partial charge in [0, 0.05) is 70.8 Å². The zero-order chi connectivity index (χ0) is 52.8. The van der Waals surface area contributed by atoms with Crippen LogP contribution in [-0.4, -0.2) is 139 Å². The summed E-state index contributed by atoms with van der Waals surface area (Å²) in [5.74, 6) is -8.10. The second-order valence-electron chi connectivity index (χ2n) is 21.1. The van der Waals surface area contributed by atoms with Crippen molar-refractivity contribution in [2.75, 3.05) is 40.2 Å². The molecule has 1 saturated carbocycles. The van der Waals surface area contributed by atoms with Gasteiger partial charge in [0.05, 0.1) is 24.4 Å². The maximum Gasteiger partial charge on any atom is 0.329 e. The number of allylic oxidation sites excluding steroid dienone is 6. The van der Waals surface area contributed by atoms with Crippen LogP contribution in [0.3, 0.4) is 0 Å². The van der Waals surface area contributed by atoms with E-state index in [9.17, 15) is 38.8 Å². The molecule has 0 aromatic carbocycles. The number of aliphatic hydroxyl groups excluding tert-OH is 1. The fourth-order valence-corrected chi connectivity index (χ4v) is 12.3. The highest BCUT2D eigenvalue weighted by Crippen LogP contribution is 2.50. The van der Waals surface area contributed by atoms with E-state index in [0.29, 0.717) is 75.7 Å². The predicted octanol–water partition coefficient (Wildman–Crippen LogP) is 8.52. The van der Waals surface area contributed by atoms with Gasteiger partial charge in [0.1, 0.15) is 30.1 Å². The summed E-state index contributed by atoms with van der Waals surface area (Å²) >= 11 is 0. The molecule has 0 aromatic rings. The summed E-state index contributed by atoms with van der Waals surface area (Å²) in [5, 5.41) is 23.5. The van der Waals surface area contributed by atoms with Crippen molar-refractivity contribution in [3.8, 4) is 0 Å². The van der Waals surface area contributed by atoms with Crippen molar-refractivity contribution in [2.24, 2.45) is 35.5 Å². The van der Waals surface area contributed by atoms with Crippen LogP contribution in [0.25, 0.3) is 0 Å². The minimum Gasteiger partial charge on any atom is -0.460 e. The Kier molecular flexibility index (Phi) is 23.8. The molecule has 71 heavy (non-hydrogen) atoms. The Labute approximate surface area is 424 Å². The molecule has 4 aliphatic rings. The molecule has 3 fully saturated rings. The molecule has 1 aliphatic carbocycles. The van der Waals surface area contributed by atoms with E-state index in [1.807, 2.05) is 71.9 Å². The molecule has 0 spiro atoms. The number of carbonyl (C=O) groups is 5. The Balaban J connectivity index is 1.70. The summed E-state index contributed by atoms with van der Waals surface area (Å²) in [6, 6.07) is -1.16. The summed E-state index contributed by atoms with van der Waals surface area (Å²) in [7, 11) is 1.77.